The van der Waals surface area contributed by atoms with Gasteiger partial charge in [-0.3, -0.25) is 4.79 Å². The summed E-state index contributed by atoms with van der Waals surface area (Å²) in [6, 6.07) is 3.24. The first kappa shape index (κ1) is 36.5. The van der Waals surface area contributed by atoms with Crippen molar-refractivity contribution in [3.8, 4) is 11.5 Å². The van der Waals surface area contributed by atoms with Crippen LogP contribution in [-0.2, 0) is 34.9 Å². The smallest absolute Gasteiger partial charge is 0.458 e. The van der Waals surface area contributed by atoms with Crippen LogP contribution in [0.4, 0.5) is 14.4 Å². The quantitative estimate of drug-likeness (QED) is 0.138. The van der Waals surface area contributed by atoms with Gasteiger partial charge in [0.05, 0.1) is 0 Å². The van der Waals surface area contributed by atoms with Gasteiger partial charge in [-0.1, -0.05) is 33.3 Å². The molecular formula is C30H47NO11. The molecule has 0 radical (unpaired) electrons. The van der Waals surface area contributed by atoms with Crippen molar-refractivity contribution in [3.05, 3.63) is 23.8 Å². The monoisotopic (exact) mass is 597 g/mol. The third kappa shape index (κ3) is 13.9. The average Bonchev–Trinajstić information content (AvgIpc) is 2.88. The third-order valence-electron chi connectivity index (χ3n) is 6.32. The molecule has 2 N–H and O–H groups in total. The molecule has 0 aromatic heterocycles. The van der Waals surface area contributed by atoms with E-state index in [2.05, 4.69) is 0 Å². The van der Waals surface area contributed by atoms with E-state index in [4.69, 9.17) is 38.9 Å². The fraction of sp³-hybridized carbons (Fsp3) is 0.667. The molecule has 0 aliphatic rings. The van der Waals surface area contributed by atoms with Crippen LogP contribution >= 0.6 is 0 Å². The molecule has 3 atom stereocenters. The summed E-state index contributed by atoms with van der Waals surface area (Å²) in [5.74, 6) is -0.964. The average molecular weight is 598 g/mol. The molecule has 42 heavy (non-hydrogen) atoms. The second-order valence-electron chi connectivity index (χ2n) is 11.3. The van der Waals surface area contributed by atoms with E-state index in [0.29, 0.717) is 24.8 Å². The van der Waals surface area contributed by atoms with Crippen molar-refractivity contribution in [1.82, 2.24) is 0 Å². The molecule has 0 saturated heterocycles. The number of ether oxygens (including phenoxy) is 7. The summed E-state index contributed by atoms with van der Waals surface area (Å²) in [6.45, 7) is 15.7. The molecule has 1 aromatic carbocycles. The van der Waals surface area contributed by atoms with Gasteiger partial charge in [0.15, 0.2) is 11.5 Å². The predicted octanol–water partition coefficient (Wildman–Crippen LogP) is 6.24. The summed E-state index contributed by atoms with van der Waals surface area (Å²) in [5, 5.41) is 0. The van der Waals surface area contributed by atoms with Crippen LogP contribution < -0.4 is 15.2 Å². The summed E-state index contributed by atoms with van der Waals surface area (Å²) >= 11 is 0. The van der Waals surface area contributed by atoms with E-state index >= 15 is 0 Å². The molecule has 0 fully saturated rings. The van der Waals surface area contributed by atoms with E-state index in [1.807, 2.05) is 20.8 Å². The molecule has 1 unspecified atom stereocenters. The molecular weight excluding hydrogens is 550 g/mol. The Morgan fingerprint density at radius 3 is 1.86 bits per heavy atom. The number of carbonyl (C=O) groups excluding carboxylic acids is 4. The van der Waals surface area contributed by atoms with E-state index in [1.165, 1.54) is 12.1 Å². The molecule has 0 aliphatic carbocycles. The number of benzene rings is 1. The van der Waals surface area contributed by atoms with Gasteiger partial charge in [0.2, 0.25) is 0 Å². The maximum atomic E-state index is 12.6. The van der Waals surface area contributed by atoms with Gasteiger partial charge in [-0.2, -0.15) is 0 Å². The summed E-state index contributed by atoms with van der Waals surface area (Å²) < 4.78 is 36.8. The van der Waals surface area contributed by atoms with Crippen molar-refractivity contribution in [2.24, 2.45) is 5.73 Å². The van der Waals surface area contributed by atoms with Crippen molar-refractivity contribution in [3.63, 3.8) is 0 Å². The van der Waals surface area contributed by atoms with Gasteiger partial charge in [-0.05, 0) is 84.9 Å². The minimum Gasteiger partial charge on any atom is -0.458 e. The first-order chi connectivity index (χ1) is 19.5. The Bertz CT molecular complexity index is 1050. The first-order valence-electron chi connectivity index (χ1n) is 14.2. The second kappa shape index (κ2) is 16.8. The van der Waals surface area contributed by atoms with Crippen molar-refractivity contribution in [1.29, 1.82) is 0 Å². The van der Waals surface area contributed by atoms with E-state index in [9.17, 15) is 19.2 Å². The van der Waals surface area contributed by atoms with Crippen LogP contribution in [0.3, 0.4) is 0 Å². The van der Waals surface area contributed by atoms with E-state index in [-0.39, 0.29) is 30.6 Å². The molecule has 1 aromatic rings. The lowest BCUT2D eigenvalue weighted by Gasteiger charge is -2.24. The Balaban J connectivity index is 2.93. The van der Waals surface area contributed by atoms with Gasteiger partial charge >= 0.3 is 24.4 Å². The summed E-state index contributed by atoms with van der Waals surface area (Å²) in [4.78, 5) is 49.3. The van der Waals surface area contributed by atoms with Gasteiger partial charge in [-0.25, -0.2) is 14.4 Å². The zero-order valence-electron chi connectivity index (χ0n) is 26.3. The van der Waals surface area contributed by atoms with Crippen molar-refractivity contribution in [2.45, 2.75) is 124 Å². The fourth-order valence-electron chi connectivity index (χ4n) is 3.17. The molecule has 0 aliphatic heterocycles. The molecule has 0 spiro atoms. The Hall–Kier alpha value is -3.54. The van der Waals surface area contributed by atoms with Crippen LogP contribution in [0.5, 0.6) is 11.5 Å². The molecule has 0 saturated carbocycles. The van der Waals surface area contributed by atoms with Crippen LogP contribution in [0.25, 0.3) is 0 Å². The number of rotatable bonds is 15. The number of carbonyl (C=O) groups is 4. The Kier molecular flexibility index (Phi) is 14.6. The maximum Gasteiger partial charge on any atom is 0.514 e. The number of esters is 1. The van der Waals surface area contributed by atoms with Crippen molar-refractivity contribution >= 4 is 24.4 Å². The van der Waals surface area contributed by atoms with Crippen molar-refractivity contribution < 1.29 is 52.3 Å². The minimum absolute atomic E-state index is 0.0115. The van der Waals surface area contributed by atoms with Crippen LogP contribution in [0.15, 0.2) is 18.2 Å². The first-order valence-corrected chi connectivity index (χ1v) is 14.2. The van der Waals surface area contributed by atoms with Gasteiger partial charge in [0, 0.05) is 0 Å². The maximum absolute atomic E-state index is 12.6. The highest BCUT2D eigenvalue weighted by Crippen LogP contribution is 2.31. The Morgan fingerprint density at radius 2 is 1.33 bits per heavy atom. The highest BCUT2D eigenvalue weighted by molar-refractivity contribution is 5.76. The summed E-state index contributed by atoms with van der Waals surface area (Å²) in [7, 11) is 0. The Labute approximate surface area is 248 Å². The lowest BCUT2D eigenvalue weighted by molar-refractivity contribution is -0.152. The lowest BCUT2D eigenvalue weighted by atomic mass is 10.1. The third-order valence-corrected chi connectivity index (χ3v) is 6.32. The summed E-state index contributed by atoms with van der Waals surface area (Å²) in [6.07, 6.45) is -1.28. The van der Waals surface area contributed by atoms with Crippen LogP contribution in [0, 0.1) is 0 Å². The van der Waals surface area contributed by atoms with Gasteiger partial charge in [0.1, 0.15) is 36.1 Å². The van der Waals surface area contributed by atoms with E-state index in [1.54, 1.807) is 47.6 Å². The van der Waals surface area contributed by atoms with Gasteiger partial charge < -0.3 is 38.9 Å². The predicted molar refractivity (Wildman–Crippen MR) is 153 cm³/mol. The summed E-state index contributed by atoms with van der Waals surface area (Å²) in [5.41, 5.74) is 4.97. The SMILES string of the molecule is CCCC(C)OC(=O)OC[C@H](C)OC(=O)[C@@H](N)Cc1ccc(OC(=O)OC(C)(C)CC)c(OC(=O)OC(C)(C)CC)c1. The van der Waals surface area contributed by atoms with Gasteiger partial charge in [0.25, 0.3) is 0 Å². The van der Waals surface area contributed by atoms with Crippen molar-refractivity contribution in [2.75, 3.05) is 6.61 Å². The van der Waals surface area contributed by atoms with Crippen LogP contribution in [0.1, 0.15) is 93.6 Å². The largest absolute Gasteiger partial charge is 0.514 e. The number of hydrogen-bond donors (Lipinski definition) is 1. The standard InChI is InChI=1S/C30H47NO11/c1-10-13-19(4)38-26(33)36-18-20(5)37-25(32)22(31)16-21-14-15-23(39-27(34)41-29(6,7)11-2)24(17-21)40-28(35)42-30(8,9)12-3/h14-15,17,19-20,22H,10-13,16,18,31H2,1-9H3/t19?,20-,22-/m0/s1. The fourth-order valence-corrected chi connectivity index (χ4v) is 3.17. The number of nitrogens with two attached hydrogens (primary N) is 1. The molecule has 238 valence electrons. The van der Waals surface area contributed by atoms with E-state index in [0.717, 1.165) is 6.42 Å². The molecule has 12 heteroatoms. The lowest BCUT2D eigenvalue weighted by Crippen LogP contribution is -2.37. The molecule has 1 rings (SSSR count). The highest BCUT2D eigenvalue weighted by atomic mass is 16.8. The normalized spacial score (nSPS) is 13.7. The van der Waals surface area contributed by atoms with Crippen LogP contribution in [-0.4, -0.2) is 60.5 Å². The molecule has 0 amide bonds. The second-order valence-corrected chi connectivity index (χ2v) is 11.3. The highest BCUT2D eigenvalue weighted by Gasteiger charge is 2.27. The molecule has 0 bridgehead atoms. The minimum atomic E-state index is -1.11. The molecule has 0 heterocycles. The van der Waals surface area contributed by atoms with Gasteiger partial charge in [-0.15, -0.1) is 0 Å². The number of hydrogen-bond acceptors (Lipinski definition) is 12. The molecule has 12 nitrogen and oxygen atoms in total. The van der Waals surface area contributed by atoms with Crippen LogP contribution in [0.2, 0.25) is 0 Å². The zero-order valence-corrected chi connectivity index (χ0v) is 26.3. The Morgan fingerprint density at radius 1 is 0.786 bits per heavy atom. The van der Waals surface area contributed by atoms with E-state index < -0.39 is 47.8 Å². The topological polar surface area (TPSA) is 159 Å². The zero-order chi connectivity index (χ0) is 32.1.